The van der Waals surface area contributed by atoms with Crippen LogP contribution in [0, 0.1) is 30.0 Å². The highest BCUT2D eigenvalue weighted by Gasteiger charge is 2.30. The van der Waals surface area contributed by atoms with Crippen LogP contribution >= 0.6 is 0 Å². The molecule has 2 amide bonds. The van der Waals surface area contributed by atoms with Crippen molar-refractivity contribution in [2.75, 3.05) is 72.9 Å². The molecule has 0 radical (unpaired) electrons. The molecule has 0 bridgehead atoms. The normalized spacial score (nSPS) is 19.9. The van der Waals surface area contributed by atoms with Gasteiger partial charge in [-0.1, -0.05) is 0 Å². The van der Waals surface area contributed by atoms with Gasteiger partial charge in [0.2, 0.25) is 11.8 Å². The number of benzene rings is 3. The number of halogens is 1. The average molecular weight is 759 g/mol. The maximum Gasteiger partial charge on any atom is 0.253 e. The van der Waals surface area contributed by atoms with E-state index in [-0.39, 0.29) is 29.6 Å². The van der Waals surface area contributed by atoms with E-state index in [1.807, 2.05) is 44.3 Å². The van der Waals surface area contributed by atoms with Crippen LogP contribution in [-0.4, -0.2) is 80.2 Å². The zero-order valence-corrected chi connectivity index (χ0v) is 32.6. The van der Waals surface area contributed by atoms with Gasteiger partial charge >= 0.3 is 0 Å². The SMILES string of the molecule is Cc1cc2c(N3CCN(C)c4ccc(C#N)cc43)cc(C3CCN(CCC4CCN(c5ccc(NC6CCC(=O)NC6=O)cc5F)CC4)CC3)cc2n(C)c1=O. The van der Waals surface area contributed by atoms with Gasteiger partial charge in [-0.15, -0.1) is 0 Å². The van der Waals surface area contributed by atoms with Crippen molar-refractivity contribution >= 4 is 51.2 Å². The Morgan fingerprint density at radius 3 is 2.34 bits per heavy atom. The Morgan fingerprint density at radius 1 is 0.839 bits per heavy atom. The van der Waals surface area contributed by atoms with E-state index in [9.17, 15) is 19.6 Å². The molecule has 0 saturated carbocycles. The molecule has 1 atom stereocenters. The first-order valence-corrected chi connectivity index (χ1v) is 20.1. The number of likely N-dealkylation sites (tertiary alicyclic amines) is 1. The fraction of sp³-hybridized carbons (Fsp3) is 0.455. The van der Waals surface area contributed by atoms with E-state index in [1.165, 1.54) is 11.6 Å². The van der Waals surface area contributed by atoms with Crippen LogP contribution in [0.25, 0.3) is 10.9 Å². The molecule has 2 N–H and O–H groups in total. The number of rotatable bonds is 8. The Bertz CT molecular complexity index is 2270. The van der Waals surface area contributed by atoms with Crippen molar-refractivity contribution in [1.29, 1.82) is 5.26 Å². The Hall–Kier alpha value is -5.41. The van der Waals surface area contributed by atoms with E-state index in [0.717, 1.165) is 111 Å². The number of hydrogen-bond donors (Lipinski definition) is 2. The molecule has 8 rings (SSSR count). The number of pyridine rings is 1. The summed E-state index contributed by atoms with van der Waals surface area (Å²) >= 11 is 0. The lowest BCUT2D eigenvalue weighted by atomic mass is 9.87. The number of fused-ring (bicyclic) bond motifs is 2. The first-order chi connectivity index (χ1) is 27.1. The fourth-order valence-electron chi connectivity index (χ4n) is 9.26. The van der Waals surface area contributed by atoms with Crippen LogP contribution < -0.4 is 30.9 Å². The van der Waals surface area contributed by atoms with Gasteiger partial charge in [-0.3, -0.25) is 19.7 Å². The third-order valence-corrected chi connectivity index (χ3v) is 12.7. The van der Waals surface area contributed by atoms with Gasteiger partial charge in [-0.2, -0.15) is 5.26 Å². The third kappa shape index (κ3) is 7.44. The highest BCUT2D eigenvalue weighted by atomic mass is 19.1. The van der Waals surface area contributed by atoms with Crippen molar-refractivity contribution in [2.45, 2.75) is 63.8 Å². The van der Waals surface area contributed by atoms with E-state index < -0.39 is 6.04 Å². The summed E-state index contributed by atoms with van der Waals surface area (Å²) in [6.07, 6.45) is 5.94. The Kier molecular flexibility index (Phi) is 10.5. The number of piperidine rings is 3. The number of aryl methyl sites for hydroxylation is 2. The number of aromatic nitrogens is 1. The van der Waals surface area contributed by atoms with Crippen molar-refractivity contribution < 1.29 is 14.0 Å². The quantitative estimate of drug-likeness (QED) is 0.204. The highest BCUT2D eigenvalue weighted by Crippen LogP contribution is 2.43. The van der Waals surface area contributed by atoms with Crippen LogP contribution in [0.5, 0.6) is 0 Å². The lowest BCUT2D eigenvalue weighted by Gasteiger charge is -2.39. The molecule has 56 heavy (non-hydrogen) atoms. The number of imide groups is 1. The van der Waals surface area contributed by atoms with E-state index in [4.69, 9.17) is 0 Å². The molecule has 4 aliphatic rings. The maximum atomic E-state index is 15.3. The summed E-state index contributed by atoms with van der Waals surface area (Å²) in [4.78, 5) is 46.1. The van der Waals surface area contributed by atoms with Crippen molar-refractivity contribution in [1.82, 2.24) is 14.8 Å². The number of anilines is 5. The van der Waals surface area contributed by atoms with Crippen LogP contribution in [0.15, 0.2) is 59.4 Å². The number of carbonyl (C=O) groups excluding carboxylic acids is 2. The number of nitriles is 1. The predicted molar refractivity (Wildman–Crippen MR) is 220 cm³/mol. The molecule has 4 aliphatic heterocycles. The summed E-state index contributed by atoms with van der Waals surface area (Å²) in [5.74, 6) is 0.0333. The molecule has 3 aromatic carbocycles. The third-order valence-electron chi connectivity index (χ3n) is 12.7. The monoisotopic (exact) mass is 758 g/mol. The molecule has 4 aromatic rings. The standard InChI is InChI=1S/C44H51FN8O3/c1-28-22-34-39(50(3)44(28)56)24-32(25-40(34)53-21-20-49(2)38-7-4-30(27-46)23-41(38)53)31-13-16-51(17-14-31)15-10-29-11-18-52(19-12-29)37-8-5-33(26-35(37)45)47-36-6-9-42(54)48-43(36)55/h4-5,7-8,22-26,29,31,36,47H,6,9-21H2,1-3H3,(H,48,54,55). The Labute approximate surface area is 327 Å². The Morgan fingerprint density at radius 2 is 1.61 bits per heavy atom. The van der Waals surface area contributed by atoms with Crippen molar-refractivity contribution in [2.24, 2.45) is 13.0 Å². The number of nitrogens with zero attached hydrogens (tertiary/aromatic N) is 6. The van der Waals surface area contributed by atoms with Crippen LogP contribution in [-0.2, 0) is 16.6 Å². The van der Waals surface area contributed by atoms with Gasteiger partial charge in [0.15, 0.2) is 0 Å². The lowest BCUT2D eigenvalue weighted by molar-refractivity contribution is -0.133. The number of amides is 2. The van der Waals surface area contributed by atoms with Gasteiger partial charge in [0.1, 0.15) is 11.9 Å². The van der Waals surface area contributed by atoms with E-state index in [1.54, 1.807) is 10.6 Å². The summed E-state index contributed by atoms with van der Waals surface area (Å²) in [7, 11) is 3.97. The number of hydrogen-bond acceptors (Lipinski definition) is 9. The summed E-state index contributed by atoms with van der Waals surface area (Å²) in [5, 5.41) is 16.2. The van der Waals surface area contributed by atoms with Crippen LogP contribution in [0.4, 0.5) is 32.8 Å². The first kappa shape index (κ1) is 37.5. The van der Waals surface area contributed by atoms with Crippen molar-refractivity contribution in [3.63, 3.8) is 0 Å². The topological polar surface area (TPSA) is 117 Å². The maximum absolute atomic E-state index is 15.3. The number of nitrogens with one attached hydrogen (secondary N) is 2. The van der Waals surface area contributed by atoms with Crippen molar-refractivity contribution in [3.05, 3.63) is 87.5 Å². The van der Waals surface area contributed by atoms with E-state index in [0.29, 0.717) is 35.2 Å². The molecular weight excluding hydrogens is 708 g/mol. The molecule has 11 nitrogen and oxygen atoms in total. The second-order valence-corrected chi connectivity index (χ2v) is 16.2. The highest BCUT2D eigenvalue weighted by molar-refractivity contribution is 6.01. The summed E-state index contributed by atoms with van der Waals surface area (Å²) in [6, 6.07) is 19.4. The minimum atomic E-state index is -0.543. The fourth-order valence-corrected chi connectivity index (χ4v) is 9.26. The molecule has 12 heteroatoms. The van der Waals surface area contributed by atoms with Gasteiger partial charge in [0.25, 0.3) is 5.56 Å². The molecule has 1 aromatic heterocycles. The summed E-state index contributed by atoms with van der Waals surface area (Å²) < 4.78 is 17.1. The van der Waals surface area contributed by atoms with Gasteiger partial charge in [-0.05, 0) is 137 Å². The van der Waals surface area contributed by atoms with Crippen LogP contribution in [0.3, 0.4) is 0 Å². The molecule has 1 unspecified atom stereocenters. The van der Waals surface area contributed by atoms with Crippen LogP contribution in [0.1, 0.15) is 67.6 Å². The predicted octanol–water partition coefficient (Wildman–Crippen LogP) is 6.15. The molecule has 0 spiro atoms. The molecule has 0 aliphatic carbocycles. The van der Waals surface area contributed by atoms with Gasteiger partial charge < -0.3 is 29.5 Å². The number of carbonyl (C=O) groups is 2. The average Bonchev–Trinajstić information content (AvgIpc) is 3.21. The van der Waals surface area contributed by atoms with Gasteiger partial charge in [-0.25, -0.2) is 4.39 Å². The van der Waals surface area contributed by atoms with E-state index >= 15 is 4.39 Å². The van der Waals surface area contributed by atoms with Gasteiger partial charge in [0, 0.05) is 63.3 Å². The molecule has 292 valence electrons. The Balaban J connectivity index is 0.893. The van der Waals surface area contributed by atoms with E-state index in [2.05, 4.69) is 55.5 Å². The van der Waals surface area contributed by atoms with Gasteiger partial charge in [0.05, 0.1) is 39.9 Å². The molecular formula is C44H51FN8O3. The molecule has 5 heterocycles. The zero-order chi connectivity index (χ0) is 39.1. The van der Waals surface area contributed by atoms with Crippen LogP contribution in [0.2, 0.25) is 0 Å². The molecule has 3 fully saturated rings. The summed E-state index contributed by atoms with van der Waals surface area (Å²) in [6.45, 7) is 8.24. The zero-order valence-electron chi connectivity index (χ0n) is 32.6. The minimum absolute atomic E-state index is 0.0224. The summed E-state index contributed by atoms with van der Waals surface area (Å²) in [5.41, 5.74) is 7.92. The molecule has 3 saturated heterocycles. The van der Waals surface area contributed by atoms with Crippen molar-refractivity contribution in [3.8, 4) is 6.07 Å². The first-order valence-electron chi connectivity index (χ1n) is 20.1. The largest absolute Gasteiger partial charge is 0.374 e. The second-order valence-electron chi connectivity index (χ2n) is 16.2. The smallest absolute Gasteiger partial charge is 0.253 e. The second kappa shape index (κ2) is 15.6. The minimum Gasteiger partial charge on any atom is -0.374 e. The number of likely N-dealkylation sites (N-methyl/N-ethyl adjacent to an activating group) is 1. The lowest BCUT2D eigenvalue weighted by Crippen LogP contribution is -2.47.